The molecule has 2 aromatic rings. The average Bonchev–Trinajstić information content (AvgIpc) is 3.25. The van der Waals surface area contributed by atoms with Gasteiger partial charge in [-0.15, -0.1) is 12.3 Å². The number of rotatable bonds is 18. The Morgan fingerprint density at radius 3 is 2.06 bits per heavy atom. The Labute approximate surface area is 385 Å². The SMILES string of the molecule is C#CCCC(=O)N(CC#N)Sc1ccc(C(=O)NCC(C)CC(C)(C)C(=O)NCC2=CC(c3c(OC)cc(C(C)(C)C(C)(C)C)cc3OC)C3CC2C3(C)C)cc1.CC.CCCN. The van der Waals surface area contributed by atoms with E-state index in [4.69, 9.17) is 26.9 Å². The van der Waals surface area contributed by atoms with Gasteiger partial charge in [-0.3, -0.25) is 18.7 Å². The van der Waals surface area contributed by atoms with Gasteiger partial charge in [0.25, 0.3) is 5.91 Å². The van der Waals surface area contributed by atoms with Gasteiger partial charge in [0.05, 0.1) is 20.3 Å². The predicted molar refractivity (Wildman–Crippen MR) is 260 cm³/mol. The van der Waals surface area contributed by atoms with E-state index in [-0.39, 0.29) is 58.8 Å². The van der Waals surface area contributed by atoms with E-state index < -0.39 is 5.41 Å². The third kappa shape index (κ3) is 13.8. The molecular formula is C52H79N5O5S. The van der Waals surface area contributed by atoms with E-state index in [9.17, 15) is 14.4 Å². The molecule has 5 rings (SSSR count). The molecule has 4 atom stereocenters. The maximum absolute atomic E-state index is 13.8. The third-order valence-electron chi connectivity index (χ3n) is 13.2. The van der Waals surface area contributed by atoms with Crippen molar-refractivity contribution >= 4 is 29.7 Å². The van der Waals surface area contributed by atoms with Gasteiger partial charge < -0.3 is 25.8 Å². The zero-order chi connectivity index (χ0) is 47.9. The molecule has 0 heterocycles. The lowest BCUT2D eigenvalue weighted by molar-refractivity contribution is -0.130. The lowest BCUT2D eigenvalue weighted by Gasteiger charge is -2.59. The van der Waals surface area contributed by atoms with Crippen LogP contribution < -0.4 is 25.8 Å². The minimum Gasteiger partial charge on any atom is -0.496 e. The number of carbonyl (C=O) groups excluding carboxylic acids is 3. The van der Waals surface area contributed by atoms with Gasteiger partial charge in [-0.1, -0.05) is 102 Å². The van der Waals surface area contributed by atoms with Gasteiger partial charge in [0.2, 0.25) is 11.8 Å². The van der Waals surface area contributed by atoms with E-state index >= 15 is 0 Å². The van der Waals surface area contributed by atoms with E-state index in [1.165, 1.54) is 15.4 Å². The maximum Gasteiger partial charge on any atom is 0.251 e. The van der Waals surface area contributed by atoms with Crippen LogP contribution in [0.3, 0.4) is 0 Å². The molecule has 11 heteroatoms. The van der Waals surface area contributed by atoms with Crippen LogP contribution in [0.25, 0.3) is 0 Å². The first kappa shape index (κ1) is 54.7. The molecule has 0 aromatic heterocycles. The number of allylic oxidation sites excluding steroid dienone is 1. The number of hydrogen-bond donors (Lipinski definition) is 3. The van der Waals surface area contributed by atoms with E-state index in [0.717, 1.165) is 53.3 Å². The van der Waals surface area contributed by atoms with E-state index in [0.29, 0.717) is 43.3 Å². The van der Waals surface area contributed by atoms with Crippen LogP contribution in [0, 0.1) is 57.7 Å². The van der Waals surface area contributed by atoms with Crippen LogP contribution in [0.4, 0.5) is 0 Å². The summed E-state index contributed by atoms with van der Waals surface area (Å²) in [7, 11) is 3.48. The van der Waals surface area contributed by atoms with Crippen molar-refractivity contribution in [3.05, 3.63) is 64.7 Å². The van der Waals surface area contributed by atoms with Crippen molar-refractivity contribution in [2.75, 3.05) is 40.4 Å². The van der Waals surface area contributed by atoms with Crippen molar-refractivity contribution in [3.8, 4) is 29.9 Å². The maximum atomic E-state index is 13.8. The second-order valence-corrected chi connectivity index (χ2v) is 20.5. The van der Waals surface area contributed by atoms with Crippen LogP contribution in [0.2, 0.25) is 0 Å². The lowest BCUT2D eigenvalue weighted by Crippen LogP contribution is -2.53. The van der Waals surface area contributed by atoms with Crippen LogP contribution in [0.5, 0.6) is 11.5 Å². The number of terminal acetylenes is 1. The van der Waals surface area contributed by atoms with E-state index in [2.05, 4.69) is 90.2 Å². The molecule has 10 nitrogen and oxygen atoms in total. The van der Waals surface area contributed by atoms with Crippen molar-refractivity contribution < 1.29 is 23.9 Å². The molecule has 348 valence electrons. The molecule has 4 N–H and O–H groups in total. The van der Waals surface area contributed by atoms with Crippen LogP contribution >= 0.6 is 11.9 Å². The van der Waals surface area contributed by atoms with E-state index in [1.807, 2.05) is 40.7 Å². The highest BCUT2D eigenvalue weighted by Crippen LogP contribution is 2.65. The summed E-state index contributed by atoms with van der Waals surface area (Å²) in [6.45, 7) is 29.6. The number of nitrogens with one attached hydrogen (secondary N) is 2. The smallest absolute Gasteiger partial charge is 0.251 e. The largest absolute Gasteiger partial charge is 0.496 e. The fraction of sp³-hybridized carbons (Fsp3) is 0.615. The molecule has 1 fully saturated rings. The Balaban J connectivity index is 0.00000215. The molecule has 3 aliphatic rings. The van der Waals surface area contributed by atoms with Gasteiger partial charge in [0.1, 0.15) is 18.0 Å². The number of carbonyl (C=O) groups is 3. The molecule has 0 saturated heterocycles. The van der Waals surface area contributed by atoms with Gasteiger partial charge >= 0.3 is 0 Å². The van der Waals surface area contributed by atoms with Crippen molar-refractivity contribution in [1.82, 2.24) is 14.9 Å². The quantitative estimate of drug-likeness (QED) is 0.0580. The summed E-state index contributed by atoms with van der Waals surface area (Å²) in [5.41, 5.74) is 8.30. The second kappa shape index (κ2) is 24.0. The zero-order valence-electron chi connectivity index (χ0n) is 41.2. The second-order valence-electron chi connectivity index (χ2n) is 19.4. The monoisotopic (exact) mass is 886 g/mol. The number of nitrogens with two attached hydrogens (primary N) is 1. The number of nitriles is 1. The van der Waals surface area contributed by atoms with Gasteiger partial charge in [-0.2, -0.15) is 5.26 Å². The highest BCUT2D eigenvalue weighted by molar-refractivity contribution is 7.97. The number of nitrogens with zero attached hydrogens (tertiary/aromatic N) is 2. The van der Waals surface area contributed by atoms with Crippen LogP contribution in [-0.4, -0.2) is 62.4 Å². The summed E-state index contributed by atoms with van der Waals surface area (Å²) in [5, 5.41) is 15.5. The lowest BCUT2D eigenvalue weighted by atomic mass is 9.45. The first-order valence-corrected chi connectivity index (χ1v) is 23.4. The molecule has 0 spiro atoms. The Kier molecular flexibility index (Phi) is 20.8. The van der Waals surface area contributed by atoms with Gasteiger partial charge in [-0.05, 0) is 114 Å². The summed E-state index contributed by atoms with van der Waals surface area (Å²) in [5.74, 6) is 4.62. The number of benzene rings is 2. The molecule has 0 aliphatic heterocycles. The van der Waals surface area contributed by atoms with Crippen molar-refractivity contribution in [3.63, 3.8) is 0 Å². The van der Waals surface area contributed by atoms with Crippen molar-refractivity contribution in [2.24, 2.45) is 39.7 Å². The molecule has 0 radical (unpaired) electrons. The molecular weight excluding hydrogens is 807 g/mol. The van der Waals surface area contributed by atoms with Gasteiger partial charge in [0.15, 0.2) is 0 Å². The minimum absolute atomic E-state index is 0.0161. The minimum atomic E-state index is -0.662. The fourth-order valence-electron chi connectivity index (χ4n) is 8.35. The first-order chi connectivity index (χ1) is 29.5. The first-order valence-electron chi connectivity index (χ1n) is 22.7. The van der Waals surface area contributed by atoms with Crippen LogP contribution in [-0.2, 0) is 15.0 Å². The Morgan fingerprint density at radius 2 is 1.59 bits per heavy atom. The number of amides is 3. The number of methoxy groups -OCH3 is 2. The normalized spacial score (nSPS) is 17.9. The van der Waals surface area contributed by atoms with Gasteiger partial charge in [0, 0.05) is 53.3 Å². The number of fused-ring (bicyclic) bond motifs is 1. The molecule has 3 amide bonds. The molecule has 1 saturated carbocycles. The standard InChI is InChI=1S/C47H64N4O5S.C3H9N.C2H6/c1-14-15-16-40(52)51(22-21-48)57-34-19-17-31(18-20-34)42(53)49-28-30(2)27-45(6,7)43(54)50-29-32-23-35(37-26-36(32)46(37,8)9)41-38(55-12)24-33(25-39(41)56-13)47(10,11)44(3,4)5;1-2-3-4;1-2/h1,17-20,23-25,30,35-37H,15-16,22,26-29H2,2-13H3,(H,49,53)(H,50,54);2-4H2,1H3;1-2H3. The highest BCUT2D eigenvalue weighted by atomic mass is 32.2. The Bertz CT molecular complexity index is 1920. The molecule has 2 bridgehead atoms. The van der Waals surface area contributed by atoms with Crippen molar-refractivity contribution in [2.45, 2.75) is 138 Å². The number of ether oxygens (including phenoxy) is 2. The third-order valence-corrected chi connectivity index (χ3v) is 14.3. The Morgan fingerprint density at radius 1 is 1.02 bits per heavy atom. The summed E-state index contributed by atoms with van der Waals surface area (Å²) >= 11 is 1.15. The summed E-state index contributed by atoms with van der Waals surface area (Å²) in [6.07, 6.45) is 10.8. The van der Waals surface area contributed by atoms with Crippen LogP contribution in [0.15, 0.2) is 52.9 Å². The molecule has 63 heavy (non-hydrogen) atoms. The summed E-state index contributed by atoms with van der Waals surface area (Å²) in [4.78, 5) is 40.0. The molecule has 3 aliphatic carbocycles. The highest BCUT2D eigenvalue weighted by Gasteiger charge is 2.56. The summed E-state index contributed by atoms with van der Waals surface area (Å²) < 4.78 is 13.6. The average molecular weight is 886 g/mol. The van der Waals surface area contributed by atoms with Crippen molar-refractivity contribution in [1.29, 1.82) is 5.26 Å². The zero-order valence-corrected chi connectivity index (χ0v) is 42.0. The topological polar surface area (TPSA) is 147 Å². The van der Waals surface area contributed by atoms with Gasteiger partial charge in [-0.25, -0.2) is 0 Å². The fourth-order valence-corrected chi connectivity index (χ4v) is 9.18. The van der Waals surface area contributed by atoms with E-state index in [1.54, 1.807) is 38.5 Å². The molecule has 4 unspecified atom stereocenters. The molecule has 2 aromatic carbocycles. The summed E-state index contributed by atoms with van der Waals surface area (Å²) in [6, 6.07) is 13.3. The Hall–Kier alpha value is -4.45. The predicted octanol–water partition coefficient (Wildman–Crippen LogP) is 10.5. The number of hydrogen-bond acceptors (Lipinski definition) is 8. The van der Waals surface area contributed by atoms with Crippen LogP contribution in [0.1, 0.15) is 150 Å².